The van der Waals surface area contributed by atoms with Crippen molar-refractivity contribution in [2.24, 2.45) is 0 Å². The van der Waals surface area contributed by atoms with E-state index in [9.17, 15) is 14.3 Å². The summed E-state index contributed by atoms with van der Waals surface area (Å²) in [6.07, 6.45) is 2.12. The summed E-state index contributed by atoms with van der Waals surface area (Å²) in [5, 5.41) is 10.2. The third kappa shape index (κ3) is 4.91. The summed E-state index contributed by atoms with van der Waals surface area (Å²) in [5.41, 5.74) is 3.02. The van der Waals surface area contributed by atoms with E-state index in [1.165, 1.54) is 12.1 Å². The molecule has 1 heterocycles. The SMILES string of the molecule is C[C@@H]1CN(Cc2ccc(F)cc2)[C@@H](C)CN1C(=O)COc1cccc2c1CCCC2O. The summed E-state index contributed by atoms with van der Waals surface area (Å²) < 4.78 is 19.1. The van der Waals surface area contributed by atoms with Crippen molar-refractivity contribution in [3.63, 3.8) is 0 Å². The van der Waals surface area contributed by atoms with E-state index in [2.05, 4.69) is 18.7 Å². The summed E-state index contributed by atoms with van der Waals surface area (Å²) in [6, 6.07) is 12.6. The minimum absolute atomic E-state index is 0.00156. The van der Waals surface area contributed by atoms with Crippen molar-refractivity contribution in [3.8, 4) is 5.75 Å². The zero-order chi connectivity index (χ0) is 22.0. The summed E-state index contributed by atoms with van der Waals surface area (Å²) >= 11 is 0. The number of nitrogens with zero attached hydrogens (tertiary/aromatic N) is 2. The van der Waals surface area contributed by atoms with Gasteiger partial charge >= 0.3 is 0 Å². The average molecular weight is 427 g/mol. The van der Waals surface area contributed by atoms with Gasteiger partial charge < -0.3 is 14.7 Å². The first-order valence-corrected chi connectivity index (χ1v) is 11.1. The lowest BCUT2D eigenvalue weighted by atomic mass is 9.89. The highest BCUT2D eigenvalue weighted by molar-refractivity contribution is 5.78. The summed E-state index contributed by atoms with van der Waals surface area (Å²) in [6.45, 7) is 6.31. The molecule has 5 nitrogen and oxygen atoms in total. The third-order valence-electron chi connectivity index (χ3n) is 6.52. The molecule has 31 heavy (non-hydrogen) atoms. The van der Waals surface area contributed by atoms with Crippen LogP contribution in [0.25, 0.3) is 0 Å². The van der Waals surface area contributed by atoms with E-state index in [-0.39, 0.29) is 30.4 Å². The van der Waals surface area contributed by atoms with Crippen LogP contribution in [-0.4, -0.2) is 52.6 Å². The minimum Gasteiger partial charge on any atom is -0.483 e. The monoisotopic (exact) mass is 426 g/mol. The Morgan fingerprint density at radius 1 is 1.13 bits per heavy atom. The molecule has 2 aromatic rings. The predicted octanol–water partition coefficient (Wildman–Crippen LogP) is 3.70. The second-order valence-corrected chi connectivity index (χ2v) is 8.82. The van der Waals surface area contributed by atoms with E-state index in [4.69, 9.17) is 4.74 Å². The lowest BCUT2D eigenvalue weighted by Gasteiger charge is -2.44. The van der Waals surface area contributed by atoms with Gasteiger partial charge in [-0.25, -0.2) is 4.39 Å². The van der Waals surface area contributed by atoms with Gasteiger partial charge in [0.25, 0.3) is 5.91 Å². The van der Waals surface area contributed by atoms with Crippen molar-refractivity contribution in [2.45, 2.75) is 57.8 Å². The van der Waals surface area contributed by atoms with E-state index < -0.39 is 6.10 Å². The molecule has 1 aliphatic heterocycles. The normalized spacial score (nSPS) is 24.0. The number of carbonyl (C=O) groups is 1. The molecule has 2 aromatic carbocycles. The maximum absolute atomic E-state index is 13.2. The van der Waals surface area contributed by atoms with E-state index >= 15 is 0 Å². The molecule has 0 bridgehead atoms. The van der Waals surface area contributed by atoms with Gasteiger partial charge in [-0.05, 0) is 68.0 Å². The number of carbonyl (C=O) groups excluding carboxylic acids is 1. The Balaban J connectivity index is 1.36. The zero-order valence-corrected chi connectivity index (χ0v) is 18.3. The Hall–Kier alpha value is -2.44. The summed E-state index contributed by atoms with van der Waals surface area (Å²) in [5.74, 6) is 0.463. The van der Waals surface area contributed by atoms with Crippen LogP contribution in [0.4, 0.5) is 4.39 Å². The van der Waals surface area contributed by atoms with E-state index in [1.807, 2.05) is 35.2 Å². The molecule has 2 aliphatic rings. The van der Waals surface area contributed by atoms with Gasteiger partial charge in [0.15, 0.2) is 6.61 Å². The molecular weight excluding hydrogens is 395 g/mol. The second kappa shape index (κ2) is 9.37. The lowest BCUT2D eigenvalue weighted by Crippen LogP contribution is -2.58. The topological polar surface area (TPSA) is 53.0 Å². The van der Waals surface area contributed by atoms with Crippen LogP contribution in [0.1, 0.15) is 49.5 Å². The van der Waals surface area contributed by atoms with Crippen LogP contribution in [0, 0.1) is 5.82 Å². The van der Waals surface area contributed by atoms with Gasteiger partial charge in [-0.15, -0.1) is 0 Å². The van der Waals surface area contributed by atoms with E-state index in [1.54, 1.807) is 0 Å². The van der Waals surface area contributed by atoms with Gasteiger partial charge in [-0.3, -0.25) is 9.69 Å². The fourth-order valence-electron chi connectivity index (χ4n) is 4.74. The molecule has 166 valence electrons. The number of fused-ring (bicyclic) bond motifs is 1. The van der Waals surface area contributed by atoms with Gasteiger partial charge in [-0.2, -0.15) is 0 Å². The first kappa shape index (κ1) is 21.8. The number of benzene rings is 2. The van der Waals surface area contributed by atoms with Gasteiger partial charge in [-0.1, -0.05) is 24.3 Å². The number of aliphatic hydroxyl groups is 1. The molecule has 4 rings (SSSR count). The lowest BCUT2D eigenvalue weighted by molar-refractivity contribution is -0.139. The molecule has 3 atom stereocenters. The zero-order valence-electron chi connectivity index (χ0n) is 18.3. The highest BCUT2D eigenvalue weighted by Gasteiger charge is 2.32. The molecule has 0 spiro atoms. The Kier molecular flexibility index (Phi) is 6.58. The number of amides is 1. The van der Waals surface area contributed by atoms with Crippen molar-refractivity contribution in [1.29, 1.82) is 0 Å². The predicted molar refractivity (Wildman–Crippen MR) is 117 cm³/mol. The largest absolute Gasteiger partial charge is 0.483 e. The smallest absolute Gasteiger partial charge is 0.260 e. The molecule has 1 saturated heterocycles. The van der Waals surface area contributed by atoms with Gasteiger partial charge in [0.1, 0.15) is 11.6 Å². The molecular formula is C25H31FN2O3. The molecule has 0 aromatic heterocycles. The van der Waals surface area contributed by atoms with Crippen molar-refractivity contribution in [3.05, 3.63) is 65.0 Å². The third-order valence-corrected chi connectivity index (χ3v) is 6.52. The average Bonchev–Trinajstić information content (AvgIpc) is 2.76. The Morgan fingerprint density at radius 2 is 1.90 bits per heavy atom. The van der Waals surface area contributed by atoms with Crippen LogP contribution in [0.3, 0.4) is 0 Å². The Labute approximate surface area is 183 Å². The van der Waals surface area contributed by atoms with Gasteiger partial charge in [0.05, 0.1) is 6.10 Å². The fraction of sp³-hybridized carbons (Fsp3) is 0.480. The van der Waals surface area contributed by atoms with Gasteiger partial charge in [0, 0.05) is 31.7 Å². The number of hydrogen-bond acceptors (Lipinski definition) is 4. The fourth-order valence-corrected chi connectivity index (χ4v) is 4.74. The van der Waals surface area contributed by atoms with Crippen LogP contribution in [0.15, 0.2) is 42.5 Å². The Morgan fingerprint density at radius 3 is 2.68 bits per heavy atom. The van der Waals surface area contributed by atoms with Crippen molar-refractivity contribution >= 4 is 5.91 Å². The van der Waals surface area contributed by atoms with Crippen LogP contribution >= 0.6 is 0 Å². The number of halogens is 1. The molecule has 6 heteroatoms. The minimum atomic E-state index is -0.446. The molecule has 0 saturated carbocycles. The Bertz CT molecular complexity index is 917. The molecule has 0 radical (unpaired) electrons. The maximum atomic E-state index is 13.2. The highest BCUT2D eigenvalue weighted by Crippen LogP contribution is 2.35. The number of aliphatic hydroxyl groups excluding tert-OH is 1. The van der Waals surface area contributed by atoms with Crippen LogP contribution in [0.2, 0.25) is 0 Å². The van der Waals surface area contributed by atoms with Crippen LogP contribution in [0.5, 0.6) is 5.75 Å². The number of rotatable bonds is 5. The number of hydrogen-bond donors (Lipinski definition) is 1. The van der Waals surface area contributed by atoms with Crippen LogP contribution in [-0.2, 0) is 17.8 Å². The van der Waals surface area contributed by atoms with Crippen molar-refractivity contribution < 1.29 is 19.0 Å². The number of piperazine rings is 1. The summed E-state index contributed by atoms with van der Waals surface area (Å²) in [4.78, 5) is 17.2. The summed E-state index contributed by atoms with van der Waals surface area (Å²) in [7, 11) is 0. The molecule has 1 amide bonds. The molecule has 1 fully saturated rings. The molecule has 1 unspecified atom stereocenters. The standard InChI is InChI=1S/C25H31FN2O3/c1-17-14-28(18(2)13-27(17)15-19-9-11-20(26)12-10-19)25(30)16-31-24-8-4-5-21-22(24)6-3-7-23(21)29/h4-5,8-12,17-18,23,29H,3,6-7,13-16H2,1-2H3/t17-,18+,23?/m0/s1. The first-order valence-electron chi connectivity index (χ1n) is 11.1. The first-order chi connectivity index (χ1) is 14.9. The number of ether oxygens (including phenoxy) is 1. The van der Waals surface area contributed by atoms with E-state index in [0.29, 0.717) is 12.3 Å². The van der Waals surface area contributed by atoms with Crippen molar-refractivity contribution in [2.75, 3.05) is 19.7 Å². The molecule has 1 N–H and O–H groups in total. The van der Waals surface area contributed by atoms with Gasteiger partial charge in [0.2, 0.25) is 0 Å². The van der Waals surface area contributed by atoms with E-state index in [0.717, 1.165) is 49.0 Å². The second-order valence-electron chi connectivity index (χ2n) is 8.82. The van der Waals surface area contributed by atoms with Crippen LogP contribution < -0.4 is 4.74 Å². The maximum Gasteiger partial charge on any atom is 0.260 e. The van der Waals surface area contributed by atoms with Crippen molar-refractivity contribution in [1.82, 2.24) is 9.80 Å². The quantitative estimate of drug-likeness (QED) is 0.792. The highest BCUT2D eigenvalue weighted by atomic mass is 19.1. The molecule has 1 aliphatic carbocycles.